The Kier molecular flexibility index (Phi) is 7.61. The number of hydrogen-bond acceptors (Lipinski definition) is 10. The zero-order valence-corrected chi connectivity index (χ0v) is 20.0. The largest absolute Gasteiger partial charge is 0.477 e. The minimum Gasteiger partial charge on any atom is -0.477 e. The van der Waals surface area contributed by atoms with Gasteiger partial charge in [0.2, 0.25) is 0 Å². The molecule has 2 aromatic heterocycles. The molecular formula is C21H30N2O7S. The fraction of sp³-hybridized carbons (Fsp3) is 0.619. The lowest BCUT2D eigenvalue weighted by Crippen LogP contribution is -2.38. The van der Waals surface area contributed by atoms with Gasteiger partial charge in [-0.1, -0.05) is 0 Å². The highest BCUT2D eigenvalue weighted by Crippen LogP contribution is 2.33. The molecule has 0 fully saturated rings. The van der Waals surface area contributed by atoms with Gasteiger partial charge < -0.3 is 24.1 Å². The molecule has 0 saturated heterocycles. The predicted molar refractivity (Wildman–Crippen MR) is 116 cm³/mol. The summed E-state index contributed by atoms with van der Waals surface area (Å²) in [5.74, 6) is -1.86. The van der Waals surface area contributed by atoms with E-state index in [1.807, 2.05) is 0 Å². The Balaban J connectivity index is 2.39. The molecule has 0 aliphatic carbocycles. The number of aromatic nitrogens is 2. The number of esters is 1. The molecule has 0 bridgehead atoms. The number of aliphatic hydroxyl groups is 1. The van der Waals surface area contributed by atoms with Crippen molar-refractivity contribution in [3.63, 3.8) is 0 Å². The third kappa shape index (κ3) is 6.84. The van der Waals surface area contributed by atoms with E-state index in [1.54, 1.807) is 47.6 Å². The number of ether oxygens (including phenoxy) is 4. The Labute approximate surface area is 185 Å². The van der Waals surface area contributed by atoms with Crippen LogP contribution in [0.4, 0.5) is 0 Å². The van der Waals surface area contributed by atoms with Crippen LogP contribution in [-0.4, -0.2) is 58.5 Å². The first kappa shape index (κ1) is 25.0. The number of carbonyl (C=O) groups excluding carboxylic acids is 2. The summed E-state index contributed by atoms with van der Waals surface area (Å²) < 4.78 is 21.2. The van der Waals surface area contributed by atoms with Gasteiger partial charge >= 0.3 is 5.97 Å². The SMILES string of the molecule is COc1nc2cc(C(=O)C(CC(=O)OC(C)(C)C)C(O)OC(C)(C)C)sc2nc1OC. The van der Waals surface area contributed by atoms with E-state index in [1.165, 1.54) is 14.2 Å². The zero-order chi connectivity index (χ0) is 23.6. The smallest absolute Gasteiger partial charge is 0.307 e. The minimum atomic E-state index is -1.50. The maximum absolute atomic E-state index is 13.3. The molecule has 0 aliphatic rings. The molecule has 1 N–H and O–H groups in total. The molecule has 0 radical (unpaired) electrons. The van der Waals surface area contributed by atoms with Crippen molar-refractivity contribution in [2.45, 2.75) is 65.5 Å². The molecule has 0 spiro atoms. The number of aliphatic hydroxyl groups excluding tert-OH is 1. The van der Waals surface area contributed by atoms with Crippen molar-refractivity contribution in [3.05, 3.63) is 10.9 Å². The number of nitrogens with zero attached hydrogens (tertiary/aromatic N) is 2. The van der Waals surface area contributed by atoms with E-state index in [9.17, 15) is 14.7 Å². The number of hydrogen-bond donors (Lipinski definition) is 1. The molecule has 2 atom stereocenters. The number of thiophene rings is 1. The summed E-state index contributed by atoms with van der Waals surface area (Å²) >= 11 is 1.08. The number of carbonyl (C=O) groups is 2. The second-order valence-electron chi connectivity index (χ2n) is 8.93. The fourth-order valence-corrected chi connectivity index (χ4v) is 3.70. The summed E-state index contributed by atoms with van der Waals surface area (Å²) in [5, 5.41) is 10.6. The van der Waals surface area contributed by atoms with Gasteiger partial charge in [-0.3, -0.25) is 9.59 Å². The highest BCUT2D eigenvalue weighted by molar-refractivity contribution is 7.20. The lowest BCUT2D eigenvalue weighted by Gasteiger charge is -2.29. The van der Waals surface area contributed by atoms with Gasteiger partial charge in [0, 0.05) is 0 Å². The normalized spacial score (nSPS) is 14.2. The molecule has 9 nitrogen and oxygen atoms in total. The Morgan fingerprint density at radius 2 is 1.61 bits per heavy atom. The first-order chi connectivity index (χ1) is 14.2. The highest BCUT2D eigenvalue weighted by atomic mass is 32.1. The second kappa shape index (κ2) is 9.46. The Morgan fingerprint density at radius 1 is 1.03 bits per heavy atom. The maximum Gasteiger partial charge on any atom is 0.307 e. The summed E-state index contributed by atoms with van der Waals surface area (Å²) in [4.78, 5) is 35.1. The molecule has 2 aromatic rings. The van der Waals surface area contributed by atoms with Crippen LogP contribution in [0.1, 0.15) is 57.6 Å². The molecular weight excluding hydrogens is 424 g/mol. The van der Waals surface area contributed by atoms with Gasteiger partial charge in [-0.05, 0) is 47.6 Å². The number of fused-ring (bicyclic) bond motifs is 1. The average Bonchev–Trinajstić information content (AvgIpc) is 3.04. The first-order valence-electron chi connectivity index (χ1n) is 9.75. The highest BCUT2D eigenvalue weighted by Gasteiger charge is 2.36. The second-order valence-corrected chi connectivity index (χ2v) is 9.96. The Bertz CT molecular complexity index is 903. The summed E-state index contributed by atoms with van der Waals surface area (Å²) in [5.41, 5.74) is -1.01. The van der Waals surface area contributed by atoms with Crippen molar-refractivity contribution in [1.29, 1.82) is 0 Å². The van der Waals surface area contributed by atoms with E-state index >= 15 is 0 Å². The van der Waals surface area contributed by atoms with Gasteiger partial charge in [0.05, 0.1) is 37.0 Å². The monoisotopic (exact) mass is 454 g/mol. The molecule has 0 aromatic carbocycles. The lowest BCUT2D eigenvalue weighted by molar-refractivity contribution is -0.190. The van der Waals surface area contributed by atoms with Crippen molar-refractivity contribution in [2.75, 3.05) is 14.2 Å². The molecule has 0 aliphatic heterocycles. The van der Waals surface area contributed by atoms with Crippen LogP contribution in [0.2, 0.25) is 0 Å². The van der Waals surface area contributed by atoms with Crippen LogP contribution in [0.3, 0.4) is 0 Å². The van der Waals surface area contributed by atoms with Crippen molar-refractivity contribution >= 4 is 33.4 Å². The molecule has 0 amide bonds. The van der Waals surface area contributed by atoms with Crippen LogP contribution in [0.5, 0.6) is 11.8 Å². The van der Waals surface area contributed by atoms with Gasteiger partial charge in [0.15, 0.2) is 12.1 Å². The summed E-state index contributed by atoms with van der Waals surface area (Å²) in [6.45, 7) is 10.4. The summed E-state index contributed by atoms with van der Waals surface area (Å²) in [7, 11) is 2.88. The number of methoxy groups -OCH3 is 2. The van der Waals surface area contributed by atoms with Gasteiger partial charge in [-0.2, -0.15) is 4.98 Å². The maximum atomic E-state index is 13.3. The van der Waals surface area contributed by atoms with E-state index in [0.29, 0.717) is 10.3 Å². The molecule has 2 unspecified atom stereocenters. The van der Waals surface area contributed by atoms with Crippen LogP contribution >= 0.6 is 11.3 Å². The number of Topliss-reactive ketones (excluding diaryl/α,β-unsaturated/α-hetero) is 1. The molecule has 0 saturated carbocycles. The standard InChI is InChI=1S/C21H30N2O7S/c1-20(2,3)29-14(24)9-11(19(26)30-21(4,5)6)15(25)13-10-12-18(31-13)23-17(28-8)16(22-12)27-7/h10-11,19,26H,9H2,1-8H3. The van der Waals surface area contributed by atoms with Crippen molar-refractivity contribution < 1.29 is 33.6 Å². The van der Waals surface area contributed by atoms with E-state index < -0.39 is 35.2 Å². The van der Waals surface area contributed by atoms with Crippen LogP contribution in [0.15, 0.2) is 6.07 Å². The van der Waals surface area contributed by atoms with E-state index in [0.717, 1.165) is 11.3 Å². The van der Waals surface area contributed by atoms with Crippen molar-refractivity contribution in [2.24, 2.45) is 5.92 Å². The topological polar surface area (TPSA) is 117 Å². The van der Waals surface area contributed by atoms with E-state index in [-0.39, 0.29) is 23.1 Å². The lowest BCUT2D eigenvalue weighted by atomic mass is 9.97. The Hall–Kier alpha value is -2.30. The van der Waals surface area contributed by atoms with Crippen molar-refractivity contribution in [1.82, 2.24) is 9.97 Å². The Morgan fingerprint density at radius 3 is 2.13 bits per heavy atom. The quantitative estimate of drug-likeness (QED) is 0.364. The van der Waals surface area contributed by atoms with Crippen LogP contribution in [0.25, 0.3) is 10.3 Å². The molecule has 172 valence electrons. The molecule has 2 heterocycles. The van der Waals surface area contributed by atoms with Crippen LogP contribution in [0, 0.1) is 5.92 Å². The third-order valence-electron chi connectivity index (χ3n) is 3.89. The van der Waals surface area contributed by atoms with Gasteiger partial charge in [0.1, 0.15) is 15.9 Å². The third-order valence-corrected chi connectivity index (χ3v) is 4.93. The fourth-order valence-electron chi connectivity index (χ4n) is 2.73. The summed E-state index contributed by atoms with van der Waals surface area (Å²) in [6, 6.07) is 1.54. The van der Waals surface area contributed by atoms with Gasteiger partial charge in [-0.25, -0.2) is 4.98 Å². The average molecular weight is 455 g/mol. The summed E-state index contributed by atoms with van der Waals surface area (Å²) in [6.07, 6.45) is -1.84. The van der Waals surface area contributed by atoms with Crippen molar-refractivity contribution in [3.8, 4) is 11.8 Å². The van der Waals surface area contributed by atoms with Crippen LogP contribution < -0.4 is 9.47 Å². The van der Waals surface area contributed by atoms with E-state index in [2.05, 4.69) is 9.97 Å². The first-order valence-corrected chi connectivity index (χ1v) is 10.6. The molecule has 10 heteroatoms. The zero-order valence-electron chi connectivity index (χ0n) is 19.1. The molecule has 2 rings (SSSR count). The number of rotatable bonds is 8. The van der Waals surface area contributed by atoms with Gasteiger partial charge in [0.25, 0.3) is 11.8 Å². The van der Waals surface area contributed by atoms with Gasteiger partial charge in [-0.15, -0.1) is 11.3 Å². The van der Waals surface area contributed by atoms with Crippen LogP contribution in [-0.2, 0) is 14.3 Å². The van der Waals surface area contributed by atoms with E-state index in [4.69, 9.17) is 18.9 Å². The number of ketones is 1. The minimum absolute atomic E-state index is 0.188. The molecule has 31 heavy (non-hydrogen) atoms. The predicted octanol–water partition coefficient (Wildman–Crippen LogP) is 3.37.